The summed E-state index contributed by atoms with van der Waals surface area (Å²) in [6.45, 7) is 6.13. The molecule has 0 aromatic carbocycles. The van der Waals surface area contributed by atoms with Crippen LogP contribution >= 0.6 is 0 Å². The monoisotopic (exact) mass is 209 g/mol. The van der Waals surface area contributed by atoms with Gasteiger partial charge in [-0.2, -0.15) is 0 Å². The summed E-state index contributed by atoms with van der Waals surface area (Å²) in [5, 5.41) is 0. The summed E-state index contributed by atoms with van der Waals surface area (Å²) in [7, 11) is -1.77. The van der Waals surface area contributed by atoms with Gasteiger partial charge in [-0.25, -0.2) is 13.1 Å². The van der Waals surface area contributed by atoms with Gasteiger partial charge in [-0.05, 0) is 27.3 Å². The maximum Gasteiger partial charge on any atom is 0.214 e. The van der Waals surface area contributed by atoms with Crippen molar-refractivity contribution < 1.29 is 13.2 Å². The Morgan fingerprint density at radius 3 is 2.31 bits per heavy atom. The number of hydrogen-bond acceptors (Lipinski definition) is 3. The molecule has 1 N–H and O–H groups in total. The summed E-state index contributed by atoms with van der Waals surface area (Å²) in [6.07, 6.45) is 0.892. The van der Waals surface area contributed by atoms with Crippen LogP contribution in [0.25, 0.3) is 0 Å². The third kappa shape index (κ3) is 6.01. The zero-order chi connectivity index (χ0) is 10.5. The van der Waals surface area contributed by atoms with Crippen LogP contribution < -0.4 is 4.72 Å². The van der Waals surface area contributed by atoms with Gasteiger partial charge < -0.3 is 4.74 Å². The van der Waals surface area contributed by atoms with E-state index in [-0.39, 0.29) is 5.75 Å². The van der Waals surface area contributed by atoms with E-state index in [1.54, 1.807) is 13.8 Å². The van der Waals surface area contributed by atoms with Crippen LogP contribution in [0.2, 0.25) is 0 Å². The molecule has 5 heteroatoms. The Labute approximate surface area is 80.7 Å². The Hall–Kier alpha value is -0.130. The SMILES string of the molecule is CCCOC(C)(C)CS(=O)(=O)NC. The molecule has 0 aromatic heterocycles. The van der Waals surface area contributed by atoms with E-state index in [9.17, 15) is 8.42 Å². The Balaban J connectivity index is 4.16. The van der Waals surface area contributed by atoms with E-state index in [1.807, 2.05) is 6.92 Å². The third-order valence-electron chi connectivity index (χ3n) is 1.55. The lowest BCUT2D eigenvalue weighted by Gasteiger charge is -2.24. The van der Waals surface area contributed by atoms with Crippen LogP contribution in [0, 0.1) is 0 Å². The average molecular weight is 209 g/mol. The molecule has 0 unspecified atom stereocenters. The summed E-state index contributed by atoms with van der Waals surface area (Å²) < 4.78 is 30.0. The first-order valence-electron chi connectivity index (χ1n) is 4.38. The van der Waals surface area contributed by atoms with Gasteiger partial charge >= 0.3 is 0 Å². The number of hydrogen-bond donors (Lipinski definition) is 1. The predicted molar refractivity (Wildman–Crippen MR) is 53.2 cm³/mol. The zero-order valence-electron chi connectivity index (χ0n) is 8.75. The first-order chi connectivity index (χ1) is 5.83. The predicted octanol–water partition coefficient (Wildman–Crippen LogP) is 0.741. The molecule has 0 rings (SSSR count). The zero-order valence-corrected chi connectivity index (χ0v) is 9.57. The van der Waals surface area contributed by atoms with Crippen molar-refractivity contribution in [1.29, 1.82) is 0 Å². The van der Waals surface area contributed by atoms with Gasteiger partial charge in [0.15, 0.2) is 0 Å². The lowest BCUT2D eigenvalue weighted by molar-refractivity contribution is 0.000113. The normalized spacial score (nSPS) is 13.2. The Morgan fingerprint density at radius 1 is 1.38 bits per heavy atom. The van der Waals surface area contributed by atoms with Crippen molar-refractivity contribution in [3.8, 4) is 0 Å². The molecular formula is C8H19NO3S. The first kappa shape index (κ1) is 12.9. The summed E-state index contributed by atoms with van der Waals surface area (Å²) in [5.41, 5.74) is -0.613. The van der Waals surface area contributed by atoms with Crippen molar-refractivity contribution in [3.63, 3.8) is 0 Å². The second-order valence-corrected chi connectivity index (χ2v) is 5.50. The summed E-state index contributed by atoms with van der Waals surface area (Å²) >= 11 is 0. The number of rotatable bonds is 6. The Kier molecular flexibility index (Phi) is 4.88. The molecule has 80 valence electrons. The molecule has 4 nitrogen and oxygen atoms in total. The first-order valence-corrected chi connectivity index (χ1v) is 6.03. The number of ether oxygens (including phenoxy) is 1. The van der Waals surface area contributed by atoms with Gasteiger partial charge in [0.05, 0.1) is 11.4 Å². The molecule has 0 bridgehead atoms. The van der Waals surface area contributed by atoms with Gasteiger partial charge in [-0.1, -0.05) is 6.92 Å². The molecule has 0 saturated heterocycles. The fraction of sp³-hybridized carbons (Fsp3) is 1.00. The highest BCUT2D eigenvalue weighted by Crippen LogP contribution is 2.11. The van der Waals surface area contributed by atoms with Crippen molar-refractivity contribution in [1.82, 2.24) is 4.72 Å². The van der Waals surface area contributed by atoms with Gasteiger partial charge in [0.1, 0.15) is 0 Å². The van der Waals surface area contributed by atoms with Crippen molar-refractivity contribution >= 4 is 10.0 Å². The topological polar surface area (TPSA) is 55.4 Å². The molecule has 0 aliphatic rings. The largest absolute Gasteiger partial charge is 0.374 e. The third-order valence-corrected chi connectivity index (χ3v) is 3.24. The van der Waals surface area contributed by atoms with E-state index in [1.165, 1.54) is 7.05 Å². The fourth-order valence-corrected chi connectivity index (χ4v) is 2.09. The van der Waals surface area contributed by atoms with E-state index in [4.69, 9.17) is 4.74 Å². The molecule has 0 radical (unpaired) electrons. The maximum atomic E-state index is 11.2. The van der Waals surface area contributed by atoms with E-state index in [0.29, 0.717) is 6.61 Å². The molecule has 0 spiro atoms. The summed E-state index contributed by atoms with van der Waals surface area (Å²) in [4.78, 5) is 0. The van der Waals surface area contributed by atoms with Crippen molar-refractivity contribution in [2.24, 2.45) is 0 Å². The fourth-order valence-electron chi connectivity index (χ4n) is 0.950. The molecule has 0 aromatic rings. The smallest absolute Gasteiger partial charge is 0.214 e. The van der Waals surface area contributed by atoms with Crippen LogP contribution in [0.15, 0.2) is 0 Å². The van der Waals surface area contributed by atoms with Gasteiger partial charge in [-0.15, -0.1) is 0 Å². The van der Waals surface area contributed by atoms with Gasteiger partial charge in [0.2, 0.25) is 10.0 Å². The quantitative estimate of drug-likeness (QED) is 0.702. The van der Waals surface area contributed by atoms with E-state index < -0.39 is 15.6 Å². The van der Waals surface area contributed by atoms with Crippen molar-refractivity contribution in [3.05, 3.63) is 0 Å². The second-order valence-electron chi connectivity index (χ2n) is 3.57. The van der Waals surface area contributed by atoms with Crippen LogP contribution in [-0.2, 0) is 14.8 Å². The van der Waals surface area contributed by atoms with E-state index >= 15 is 0 Å². The molecular weight excluding hydrogens is 190 g/mol. The van der Waals surface area contributed by atoms with Crippen molar-refractivity contribution in [2.45, 2.75) is 32.8 Å². The van der Waals surface area contributed by atoms with Crippen LogP contribution in [0.5, 0.6) is 0 Å². The number of nitrogens with one attached hydrogen (secondary N) is 1. The Morgan fingerprint density at radius 2 is 1.92 bits per heavy atom. The summed E-state index contributed by atoms with van der Waals surface area (Å²) in [5.74, 6) is -0.00347. The molecule has 0 amide bonds. The van der Waals surface area contributed by atoms with Crippen LogP contribution in [0.1, 0.15) is 27.2 Å². The van der Waals surface area contributed by atoms with Gasteiger partial charge in [-0.3, -0.25) is 0 Å². The Bertz CT molecular complexity index is 234. The minimum absolute atomic E-state index is 0.00347. The molecule has 0 atom stereocenters. The molecule has 13 heavy (non-hydrogen) atoms. The van der Waals surface area contributed by atoms with Crippen molar-refractivity contribution in [2.75, 3.05) is 19.4 Å². The minimum Gasteiger partial charge on any atom is -0.374 e. The van der Waals surface area contributed by atoms with Crippen LogP contribution in [0.4, 0.5) is 0 Å². The summed E-state index contributed by atoms with van der Waals surface area (Å²) in [6, 6.07) is 0. The lowest BCUT2D eigenvalue weighted by Crippen LogP contribution is -2.38. The molecule has 0 fully saturated rings. The number of sulfonamides is 1. The van der Waals surface area contributed by atoms with E-state index in [0.717, 1.165) is 6.42 Å². The second kappa shape index (κ2) is 4.93. The standard InChI is InChI=1S/C8H19NO3S/c1-5-6-12-8(2,3)7-13(10,11)9-4/h9H,5-7H2,1-4H3. The molecule has 0 saturated carbocycles. The highest BCUT2D eigenvalue weighted by molar-refractivity contribution is 7.89. The lowest BCUT2D eigenvalue weighted by atomic mass is 10.2. The highest BCUT2D eigenvalue weighted by atomic mass is 32.2. The molecule has 0 aliphatic heterocycles. The maximum absolute atomic E-state index is 11.2. The van der Waals surface area contributed by atoms with Crippen LogP contribution in [-0.4, -0.2) is 33.4 Å². The minimum atomic E-state index is -3.18. The average Bonchev–Trinajstić information content (AvgIpc) is 1.99. The molecule has 0 heterocycles. The molecule has 0 aliphatic carbocycles. The van der Waals surface area contributed by atoms with E-state index in [2.05, 4.69) is 4.72 Å². The highest BCUT2D eigenvalue weighted by Gasteiger charge is 2.25. The van der Waals surface area contributed by atoms with Crippen LogP contribution in [0.3, 0.4) is 0 Å². The van der Waals surface area contributed by atoms with Gasteiger partial charge in [0.25, 0.3) is 0 Å². The van der Waals surface area contributed by atoms with Gasteiger partial charge in [0, 0.05) is 6.61 Å².